The molecule has 2 aliphatic heterocycles. The predicted molar refractivity (Wildman–Crippen MR) is 92.0 cm³/mol. The number of fused-ring (bicyclic) bond motifs is 1. The number of hydrogen-bond donors (Lipinski definition) is 2. The van der Waals surface area contributed by atoms with Gasteiger partial charge in [-0.1, -0.05) is 25.5 Å². The molecule has 1 spiro atoms. The maximum atomic E-state index is 12.4. The molecule has 4 aliphatic rings. The number of aliphatic hydroxyl groups excluding tert-OH is 2. The Hall–Kier alpha value is -1.50. The maximum Gasteiger partial charge on any atom is 0.342 e. The van der Waals surface area contributed by atoms with Crippen LogP contribution in [-0.4, -0.2) is 51.5 Å². The zero-order valence-electron chi connectivity index (χ0n) is 15.6. The first-order chi connectivity index (χ1) is 12.1. The first kappa shape index (κ1) is 17.9. The van der Waals surface area contributed by atoms with E-state index in [1.54, 1.807) is 19.9 Å². The first-order valence-corrected chi connectivity index (χ1v) is 9.25. The Kier molecular flexibility index (Phi) is 3.63. The van der Waals surface area contributed by atoms with Gasteiger partial charge in [0.15, 0.2) is 23.1 Å². The van der Waals surface area contributed by atoms with E-state index < -0.39 is 52.7 Å². The van der Waals surface area contributed by atoms with Gasteiger partial charge in [0.1, 0.15) is 0 Å². The van der Waals surface area contributed by atoms with E-state index >= 15 is 0 Å². The molecule has 142 valence electrons. The van der Waals surface area contributed by atoms with Crippen LogP contribution in [0.25, 0.3) is 0 Å². The van der Waals surface area contributed by atoms with Crippen molar-refractivity contribution in [1.29, 1.82) is 0 Å². The van der Waals surface area contributed by atoms with E-state index in [4.69, 9.17) is 9.47 Å². The van der Waals surface area contributed by atoms with Gasteiger partial charge in [-0.15, -0.1) is 0 Å². The van der Waals surface area contributed by atoms with Crippen molar-refractivity contribution in [1.82, 2.24) is 0 Å². The van der Waals surface area contributed by atoms with Gasteiger partial charge >= 0.3 is 5.97 Å². The van der Waals surface area contributed by atoms with E-state index in [2.05, 4.69) is 0 Å². The van der Waals surface area contributed by atoms with E-state index in [0.717, 1.165) is 5.57 Å². The summed E-state index contributed by atoms with van der Waals surface area (Å²) in [6.07, 6.45) is 3.63. The number of ketones is 1. The van der Waals surface area contributed by atoms with Crippen molar-refractivity contribution in [3.05, 3.63) is 23.8 Å². The number of epoxide rings is 1. The first-order valence-electron chi connectivity index (χ1n) is 9.25. The Labute approximate surface area is 152 Å². The minimum atomic E-state index is -1.22. The molecule has 0 saturated carbocycles. The molecule has 6 heteroatoms. The molecule has 0 aromatic heterocycles. The second-order valence-electron chi connectivity index (χ2n) is 8.68. The molecule has 0 aromatic rings. The molecule has 26 heavy (non-hydrogen) atoms. The van der Waals surface area contributed by atoms with Gasteiger partial charge in [-0.25, -0.2) is 4.79 Å². The zero-order chi connectivity index (χ0) is 19.1. The normalized spacial score (nSPS) is 55.2. The van der Waals surface area contributed by atoms with Crippen molar-refractivity contribution >= 4 is 11.8 Å². The fraction of sp³-hybridized carbons (Fsp3) is 0.700. The molecular weight excluding hydrogens is 336 g/mol. The Morgan fingerprint density at radius 3 is 2.58 bits per heavy atom. The number of rotatable bonds is 0. The van der Waals surface area contributed by atoms with Gasteiger partial charge in [0.05, 0.1) is 12.2 Å². The van der Waals surface area contributed by atoms with Crippen LogP contribution < -0.4 is 0 Å². The highest BCUT2D eigenvalue weighted by Gasteiger charge is 2.85. The lowest BCUT2D eigenvalue weighted by Crippen LogP contribution is -2.57. The molecule has 2 saturated heterocycles. The van der Waals surface area contributed by atoms with Crippen molar-refractivity contribution in [2.45, 2.75) is 70.1 Å². The monoisotopic (exact) mass is 362 g/mol. The second-order valence-corrected chi connectivity index (χ2v) is 8.68. The van der Waals surface area contributed by atoms with Crippen LogP contribution in [0, 0.1) is 17.3 Å². The lowest BCUT2D eigenvalue weighted by atomic mass is 9.57. The maximum absolute atomic E-state index is 12.4. The smallest absolute Gasteiger partial charge is 0.342 e. The molecule has 0 radical (unpaired) electrons. The third-order valence-electron chi connectivity index (χ3n) is 7.18. The van der Waals surface area contributed by atoms with Crippen LogP contribution in [0.5, 0.6) is 0 Å². The van der Waals surface area contributed by atoms with Crippen LogP contribution in [0.3, 0.4) is 0 Å². The number of esters is 1. The van der Waals surface area contributed by atoms with Gasteiger partial charge in [0, 0.05) is 17.3 Å². The topological polar surface area (TPSA) is 96.4 Å². The average molecular weight is 362 g/mol. The molecular formula is C20H26O6. The predicted octanol–water partition coefficient (Wildman–Crippen LogP) is 1.30. The lowest BCUT2D eigenvalue weighted by molar-refractivity contribution is -0.157. The van der Waals surface area contributed by atoms with Crippen molar-refractivity contribution in [2.24, 2.45) is 17.3 Å². The van der Waals surface area contributed by atoms with Crippen LogP contribution in [0.4, 0.5) is 0 Å². The third kappa shape index (κ3) is 1.98. The quantitative estimate of drug-likeness (QED) is 0.383. The Morgan fingerprint density at radius 2 is 1.92 bits per heavy atom. The van der Waals surface area contributed by atoms with Gasteiger partial charge in [-0.05, 0) is 38.8 Å². The summed E-state index contributed by atoms with van der Waals surface area (Å²) in [4.78, 5) is 24.8. The van der Waals surface area contributed by atoms with Crippen molar-refractivity contribution in [2.75, 3.05) is 0 Å². The highest BCUT2D eigenvalue weighted by Crippen LogP contribution is 2.63. The van der Waals surface area contributed by atoms with Gasteiger partial charge in [-0.2, -0.15) is 0 Å². The molecule has 2 aliphatic carbocycles. The van der Waals surface area contributed by atoms with Crippen LogP contribution in [0.15, 0.2) is 23.8 Å². The summed E-state index contributed by atoms with van der Waals surface area (Å²) in [7, 11) is 0. The highest BCUT2D eigenvalue weighted by molar-refractivity contribution is 5.93. The average Bonchev–Trinajstić information content (AvgIpc) is 3.17. The van der Waals surface area contributed by atoms with Crippen LogP contribution in [-0.2, 0) is 19.1 Å². The summed E-state index contributed by atoms with van der Waals surface area (Å²) < 4.78 is 11.4. The standard InChI is InChI=1S/C20H26O6/c1-10-5-6-13(22)18(3)8-7-12(21)11(2)15(18)16(23)20-14(9-10)25-17(24)19(20,4)26-20/h7-9,11,13-16,22-23H,5-6H2,1-4H3/b10-9-/t11-,13-,14-,15+,16+,18+,19-,20-/m0/s1. The number of allylic oxidation sites excluding steroid dienone is 2. The third-order valence-corrected chi connectivity index (χ3v) is 7.18. The fourth-order valence-electron chi connectivity index (χ4n) is 5.30. The van der Waals surface area contributed by atoms with E-state index in [9.17, 15) is 19.8 Å². The minimum Gasteiger partial charge on any atom is -0.453 e. The number of hydrogen-bond acceptors (Lipinski definition) is 6. The van der Waals surface area contributed by atoms with Crippen molar-refractivity contribution in [3.63, 3.8) is 0 Å². The lowest BCUT2D eigenvalue weighted by Gasteiger charge is -2.48. The molecule has 2 fully saturated rings. The summed E-state index contributed by atoms with van der Waals surface area (Å²) in [5.41, 5.74) is -2.27. The molecule has 8 atom stereocenters. The Balaban J connectivity index is 1.88. The van der Waals surface area contributed by atoms with Crippen LogP contribution in [0.2, 0.25) is 0 Å². The number of aliphatic hydroxyl groups is 2. The summed E-state index contributed by atoms with van der Waals surface area (Å²) in [6.45, 7) is 7.19. The molecule has 0 aromatic carbocycles. The van der Waals surface area contributed by atoms with Gasteiger partial charge in [0.2, 0.25) is 0 Å². The van der Waals surface area contributed by atoms with E-state index in [0.29, 0.717) is 12.8 Å². The van der Waals surface area contributed by atoms with E-state index in [1.165, 1.54) is 6.08 Å². The van der Waals surface area contributed by atoms with Crippen LogP contribution in [0.1, 0.15) is 40.5 Å². The van der Waals surface area contributed by atoms with Crippen molar-refractivity contribution in [3.8, 4) is 0 Å². The van der Waals surface area contributed by atoms with Crippen molar-refractivity contribution < 1.29 is 29.3 Å². The zero-order valence-corrected chi connectivity index (χ0v) is 15.6. The molecule has 6 nitrogen and oxygen atoms in total. The minimum absolute atomic E-state index is 0.0944. The fourth-order valence-corrected chi connectivity index (χ4v) is 5.30. The second kappa shape index (κ2) is 5.27. The number of carbonyl (C=O) groups is 2. The van der Waals surface area contributed by atoms with Gasteiger partial charge in [0.25, 0.3) is 0 Å². The Bertz CT molecular complexity index is 741. The molecule has 2 N–H and O–H groups in total. The highest BCUT2D eigenvalue weighted by atomic mass is 16.7. The van der Waals surface area contributed by atoms with Gasteiger partial charge in [-0.3, -0.25) is 4.79 Å². The van der Waals surface area contributed by atoms with E-state index in [-0.39, 0.29) is 5.78 Å². The number of ether oxygens (including phenoxy) is 2. The molecule has 0 bridgehead atoms. The molecule has 0 unspecified atom stereocenters. The number of carbonyl (C=O) groups excluding carboxylic acids is 2. The summed E-state index contributed by atoms with van der Waals surface area (Å²) in [5.74, 6) is -1.67. The summed E-state index contributed by atoms with van der Waals surface area (Å²) in [5, 5.41) is 22.4. The van der Waals surface area contributed by atoms with Gasteiger partial charge < -0.3 is 19.7 Å². The Morgan fingerprint density at radius 1 is 1.23 bits per heavy atom. The summed E-state index contributed by atoms with van der Waals surface area (Å²) >= 11 is 0. The van der Waals surface area contributed by atoms with Crippen LogP contribution >= 0.6 is 0 Å². The molecule has 4 rings (SSSR count). The molecule has 0 amide bonds. The SMILES string of the molecule is C/C1=C/[C@@H]2OC(=O)[C@]3(C)O[C@]23[C@H](O)[C@H]2[C@@H](C)C(=O)C=C[C@]2(C)[C@@H](O)CC1. The summed E-state index contributed by atoms with van der Waals surface area (Å²) in [6, 6.07) is 0. The molecule has 2 heterocycles. The largest absolute Gasteiger partial charge is 0.453 e. The van der Waals surface area contributed by atoms with E-state index in [1.807, 2.05) is 19.9 Å².